The van der Waals surface area contributed by atoms with Crippen LogP contribution in [0.2, 0.25) is 0 Å². The van der Waals surface area contributed by atoms with Gasteiger partial charge in [-0.15, -0.1) is 0 Å². The summed E-state index contributed by atoms with van der Waals surface area (Å²) in [5.74, 6) is 0.175. The zero-order valence-corrected chi connectivity index (χ0v) is 20.3. The Balaban J connectivity index is 1.33. The molecule has 7 nitrogen and oxygen atoms in total. The Morgan fingerprint density at radius 2 is 1.71 bits per heavy atom. The number of carbonyl (C=O) groups is 2. The van der Waals surface area contributed by atoms with E-state index in [2.05, 4.69) is 5.32 Å². The van der Waals surface area contributed by atoms with Crippen LogP contribution in [0.1, 0.15) is 46.5 Å². The molecule has 4 rings (SSSR count). The van der Waals surface area contributed by atoms with Crippen molar-refractivity contribution >= 4 is 23.0 Å². The van der Waals surface area contributed by atoms with Gasteiger partial charge in [-0.1, -0.05) is 30.3 Å². The molecule has 1 fully saturated rings. The molecule has 0 unspecified atom stereocenters. The largest absolute Gasteiger partial charge is 0.444 e. The highest BCUT2D eigenvalue weighted by atomic mass is 16.6. The molecule has 0 spiro atoms. The molecule has 1 saturated carbocycles. The zero-order valence-electron chi connectivity index (χ0n) is 20.3. The third-order valence-electron chi connectivity index (χ3n) is 6.12. The second-order valence-corrected chi connectivity index (χ2v) is 10.0. The average Bonchev–Trinajstić information content (AvgIpc) is 2.82. The summed E-state index contributed by atoms with van der Waals surface area (Å²) in [5, 5.41) is 3.57. The van der Waals surface area contributed by atoms with Gasteiger partial charge in [-0.3, -0.25) is 4.79 Å². The van der Waals surface area contributed by atoms with Crippen molar-refractivity contribution in [1.29, 1.82) is 0 Å². The van der Waals surface area contributed by atoms with Crippen LogP contribution >= 0.6 is 0 Å². The monoisotopic (exact) mass is 477 g/mol. The van der Waals surface area contributed by atoms with Gasteiger partial charge in [0.2, 0.25) is 0 Å². The standard InChI is InChI=1S/C28H31NO6/c1-28(2,3)35-27(32)29-17-18-9-11-20(12-10-18)25(30)33-22-14-13-21-15-23(19-7-5-4-6-8-19)26(31)34-24(21)16-22/h4-8,13-16,18,20H,9-12,17H2,1-3H3,(H,29,32). The molecule has 184 valence electrons. The number of alkyl carbamates (subject to hydrolysis) is 1. The highest BCUT2D eigenvalue weighted by Gasteiger charge is 2.28. The molecule has 2 aromatic carbocycles. The van der Waals surface area contributed by atoms with Crippen LogP contribution in [0.4, 0.5) is 4.79 Å². The first-order valence-electron chi connectivity index (χ1n) is 12.0. The topological polar surface area (TPSA) is 94.8 Å². The lowest BCUT2D eigenvalue weighted by molar-refractivity contribution is -0.140. The van der Waals surface area contributed by atoms with Crippen molar-refractivity contribution in [2.24, 2.45) is 11.8 Å². The zero-order chi connectivity index (χ0) is 25.0. The number of amides is 1. The van der Waals surface area contributed by atoms with Crippen LogP contribution in [-0.4, -0.2) is 24.2 Å². The van der Waals surface area contributed by atoms with E-state index in [1.54, 1.807) is 24.3 Å². The Kier molecular flexibility index (Phi) is 7.24. The fraction of sp³-hybridized carbons (Fsp3) is 0.393. The number of esters is 1. The molecule has 0 aliphatic heterocycles. The number of benzene rings is 2. The van der Waals surface area contributed by atoms with Gasteiger partial charge in [0.15, 0.2) is 0 Å². The molecule has 3 aromatic rings. The lowest BCUT2D eigenvalue weighted by Gasteiger charge is -2.28. The van der Waals surface area contributed by atoms with Crippen LogP contribution < -0.4 is 15.7 Å². The number of fused-ring (bicyclic) bond motifs is 1. The van der Waals surface area contributed by atoms with E-state index in [4.69, 9.17) is 13.9 Å². The van der Waals surface area contributed by atoms with Crippen LogP contribution in [0.15, 0.2) is 63.8 Å². The molecule has 1 amide bonds. The van der Waals surface area contributed by atoms with Crippen molar-refractivity contribution in [3.05, 3.63) is 65.0 Å². The van der Waals surface area contributed by atoms with E-state index in [0.717, 1.165) is 23.8 Å². The predicted octanol–water partition coefficient (Wildman–Crippen LogP) is 5.70. The van der Waals surface area contributed by atoms with Crippen molar-refractivity contribution in [2.75, 3.05) is 6.54 Å². The maximum absolute atomic E-state index is 12.7. The molecule has 1 heterocycles. The SMILES string of the molecule is CC(C)(C)OC(=O)NCC1CCC(C(=O)Oc2ccc3cc(-c4ccccc4)c(=O)oc3c2)CC1. The summed E-state index contributed by atoms with van der Waals surface area (Å²) >= 11 is 0. The van der Waals surface area contributed by atoms with Gasteiger partial charge in [0.05, 0.1) is 11.5 Å². The maximum atomic E-state index is 12.7. The van der Waals surface area contributed by atoms with Crippen LogP contribution in [0, 0.1) is 11.8 Å². The van der Waals surface area contributed by atoms with Gasteiger partial charge in [-0.25, -0.2) is 9.59 Å². The molecule has 1 aliphatic carbocycles. The van der Waals surface area contributed by atoms with E-state index < -0.39 is 17.3 Å². The van der Waals surface area contributed by atoms with Gasteiger partial charge < -0.3 is 19.2 Å². The summed E-state index contributed by atoms with van der Waals surface area (Å²) in [7, 11) is 0. The van der Waals surface area contributed by atoms with Crippen molar-refractivity contribution in [1.82, 2.24) is 5.32 Å². The third-order valence-corrected chi connectivity index (χ3v) is 6.12. The molecule has 35 heavy (non-hydrogen) atoms. The van der Waals surface area contributed by atoms with Gasteiger partial charge >= 0.3 is 17.7 Å². The van der Waals surface area contributed by atoms with Crippen LogP contribution in [0.3, 0.4) is 0 Å². The van der Waals surface area contributed by atoms with Crippen LogP contribution in [0.25, 0.3) is 22.1 Å². The Labute approximate surface area is 204 Å². The first kappa shape index (κ1) is 24.5. The molecule has 0 atom stereocenters. The van der Waals surface area contributed by atoms with E-state index in [0.29, 0.717) is 42.2 Å². The number of rotatable bonds is 5. The number of hydrogen-bond acceptors (Lipinski definition) is 6. The maximum Gasteiger partial charge on any atom is 0.407 e. The average molecular weight is 478 g/mol. The summed E-state index contributed by atoms with van der Waals surface area (Å²) < 4.78 is 16.4. The van der Waals surface area contributed by atoms with E-state index >= 15 is 0 Å². The van der Waals surface area contributed by atoms with Gasteiger partial charge in [0.25, 0.3) is 0 Å². The molecule has 0 radical (unpaired) electrons. The van der Waals surface area contributed by atoms with Crippen molar-refractivity contribution in [3.63, 3.8) is 0 Å². The summed E-state index contributed by atoms with van der Waals surface area (Å²) in [6.45, 7) is 6.02. The Hall–Kier alpha value is -3.61. The minimum absolute atomic E-state index is 0.198. The van der Waals surface area contributed by atoms with Gasteiger partial charge in [-0.2, -0.15) is 0 Å². The van der Waals surface area contributed by atoms with E-state index in [1.165, 1.54) is 0 Å². The minimum atomic E-state index is -0.527. The molecule has 7 heteroatoms. The van der Waals surface area contributed by atoms with Crippen molar-refractivity contribution in [2.45, 2.75) is 52.1 Å². The first-order valence-corrected chi connectivity index (χ1v) is 12.0. The number of carbonyl (C=O) groups excluding carboxylic acids is 2. The normalized spacial score (nSPS) is 18.1. The second kappa shape index (κ2) is 10.3. The Bertz CT molecular complexity index is 1250. The molecule has 1 N–H and O–H groups in total. The lowest BCUT2D eigenvalue weighted by atomic mass is 9.82. The smallest absolute Gasteiger partial charge is 0.407 e. The fourth-order valence-electron chi connectivity index (χ4n) is 4.32. The van der Waals surface area contributed by atoms with Crippen molar-refractivity contribution < 1.29 is 23.5 Å². The Morgan fingerprint density at radius 3 is 2.40 bits per heavy atom. The second-order valence-electron chi connectivity index (χ2n) is 10.0. The Morgan fingerprint density at radius 1 is 1.00 bits per heavy atom. The number of nitrogens with one attached hydrogen (secondary N) is 1. The van der Waals surface area contributed by atoms with E-state index in [9.17, 15) is 14.4 Å². The highest BCUT2D eigenvalue weighted by molar-refractivity contribution is 5.84. The summed E-state index contributed by atoms with van der Waals surface area (Å²) in [5.41, 5.74) is 0.680. The minimum Gasteiger partial charge on any atom is -0.444 e. The summed E-state index contributed by atoms with van der Waals surface area (Å²) in [6, 6.07) is 16.2. The quantitative estimate of drug-likeness (QED) is 0.288. The van der Waals surface area contributed by atoms with Crippen LogP contribution in [0.5, 0.6) is 5.75 Å². The predicted molar refractivity (Wildman–Crippen MR) is 133 cm³/mol. The van der Waals surface area contributed by atoms with Gasteiger partial charge in [0.1, 0.15) is 16.9 Å². The van der Waals surface area contributed by atoms with Crippen LogP contribution in [-0.2, 0) is 9.53 Å². The van der Waals surface area contributed by atoms with E-state index in [-0.39, 0.29) is 11.9 Å². The molecular weight excluding hydrogens is 446 g/mol. The van der Waals surface area contributed by atoms with E-state index in [1.807, 2.05) is 51.1 Å². The number of hydrogen-bond donors (Lipinski definition) is 1. The first-order chi connectivity index (χ1) is 16.7. The lowest BCUT2D eigenvalue weighted by Crippen LogP contribution is -2.36. The van der Waals surface area contributed by atoms with Gasteiger partial charge in [0, 0.05) is 18.0 Å². The highest BCUT2D eigenvalue weighted by Crippen LogP contribution is 2.31. The third kappa shape index (κ3) is 6.50. The molecule has 1 aromatic heterocycles. The number of ether oxygens (including phenoxy) is 2. The van der Waals surface area contributed by atoms with Crippen molar-refractivity contribution in [3.8, 4) is 16.9 Å². The molecular formula is C28H31NO6. The molecule has 1 aliphatic rings. The summed E-state index contributed by atoms with van der Waals surface area (Å²) in [6.07, 6.45) is 2.62. The summed E-state index contributed by atoms with van der Waals surface area (Å²) in [4.78, 5) is 37.1. The molecule has 0 bridgehead atoms. The fourth-order valence-corrected chi connectivity index (χ4v) is 4.32. The molecule has 0 saturated heterocycles. The van der Waals surface area contributed by atoms with Gasteiger partial charge in [-0.05, 0) is 76.1 Å².